The number of nitrogens with one attached hydrogen (secondary N) is 1. The number of carboxylic acids is 1. The fourth-order valence-electron chi connectivity index (χ4n) is 2.02. The average molecular weight is 325 g/mol. The molecule has 0 spiro atoms. The molecular weight excluding hydrogens is 311 g/mol. The van der Waals surface area contributed by atoms with Crippen molar-refractivity contribution >= 4 is 11.8 Å². The molecule has 1 aromatic heterocycles. The van der Waals surface area contributed by atoms with Crippen LogP contribution in [0.1, 0.15) is 17.1 Å². The molecule has 0 aliphatic carbocycles. The molecule has 0 saturated carbocycles. The number of hydrogen-bond acceptors (Lipinski definition) is 4. The van der Waals surface area contributed by atoms with Crippen molar-refractivity contribution in [2.75, 3.05) is 5.32 Å². The average Bonchev–Trinajstić information content (AvgIpc) is 2.46. The molecule has 0 radical (unpaired) electrons. The van der Waals surface area contributed by atoms with E-state index in [4.69, 9.17) is 0 Å². The molecule has 1 atom stereocenters. The van der Waals surface area contributed by atoms with Gasteiger partial charge in [0.1, 0.15) is 23.4 Å². The van der Waals surface area contributed by atoms with Crippen LogP contribution in [0.2, 0.25) is 0 Å². The van der Waals surface area contributed by atoms with Crippen molar-refractivity contribution in [1.82, 2.24) is 9.97 Å². The van der Waals surface area contributed by atoms with Gasteiger partial charge in [-0.1, -0.05) is 30.3 Å². The highest BCUT2D eigenvalue weighted by molar-refractivity contribution is 5.77. The molecule has 5 nitrogen and oxygen atoms in total. The van der Waals surface area contributed by atoms with Crippen molar-refractivity contribution in [2.45, 2.75) is 25.6 Å². The fraction of sp³-hybridized carbons (Fsp3) is 0.267. The Kier molecular flexibility index (Phi) is 4.83. The Bertz CT molecular complexity index is 690. The third-order valence-corrected chi connectivity index (χ3v) is 3.03. The zero-order chi connectivity index (χ0) is 17.0. The third kappa shape index (κ3) is 4.67. The Morgan fingerprint density at radius 1 is 1.26 bits per heavy atom. The zero-order valence-corrected chi connectivity index (χ0v) is 12.1. The summed E-state index contributed by atoms with van der Waals surface area (Å²) < 4.78 is 38.3. The molecule has 0 unspecified atom stereocenters. The lowest BCUT2D eigenvalue weighted by molar-refractivity contribution is -0.141. The van der Waals surface area contributed by atoms with Crippen molar-refractivity contribution in [2.24, 2.45) is 0 Å². The minimum atomic E-state index is -4.62. The van der Waals surface area contributed by atoms with Gasteiger partial charge in [0.15, 0.2) is 0 Å². The molecule has 1 aromatic carbocycles. The molecule has 2 rings (SSSR count). The van der Waals surface area contributed by atoms with Crippen LogP contribution in [0.5, 0.6) is 0 Å². The van der Waals surface area contributed by atoms with E-state index in [1.54, 1.807) is 30.3 Å². The van der Waals surface area contributed by atoms with Gasteiger partial charge >= 0.3 is 12.1 Å². The number of aromatic nitrogens is 2. The second-order valence-corrected chi connectivity index (χ2v) is 4.91. The molecule has 0 fully saturated rings. The van der Waals surface area contributed by atoms with E-state index < -0.39 is 23.9 Å². The van der Waals surface area contributed by atoms with Gasteiger partial charge in [-0.05, 0) is 12.5 Å². The van der Waals surface area contributed by atoms with Crippen LogP contribution in [0.3, 0.4) is 0 Å². The number of aryl methyl sites for hydroxylation is 1. The molecule has 0 saturated heterocycles. The summed E-state index contributed by atoms with van der Waals surface area (Å²) in [4.78, 5) is 18.5. The van der Waals surface area contributed by atoms with E-state index in [0.29, 0.717) is 6.07 Å². The molecule has 2 aromatic rings. The molecule has 1 heterocycles. The summed E-state index contributed by atoms with van der Waals surface area (Å²) in [6.07, 6.45) is -4.51. The van der Waals surface area contributed by atoms with Gasteiger partial charge in [-0.3, -0.25) is 0 Å². The number of halogens is 3. The number of benzene rings is 1. The first-order valence-corrected chi connectivity index (χ1v) is 6.72. The summed E-state index contributed by atoms with van der Waals surface area (Å²) in [6.45, 7) is 1.31. The molecule has 0 bridgehead atoms. The van der Waals surface area contributed by atoms with Gasteiger partial charge in [-0.15, -0.1) is 0 Å². The highest BCUT2D eigenvalue weighted by atomic mass is 19.4. The summed E-state index contributed by atoms with van der Waals surface area (Å²) in [7, 11) is 0. The fourth-order valence-corrected chi connectivity index (χ4v) is 2.02. The van der Waals surface area contributed by atoms with Crippen LogP contribution in [0.25, 0.3) is 0 Å². The lowest BCUT2D eigenvalue weighted by Gasteiger charge is -2.16. The van der Waals surface area contributed by atoms with Crippen LogP contribution in [-0.4, -0.2) is 27.1 Å². The summed E-state index contributed by atoms with van der Waals surface area (Å²) in [5, 5.41) is 11.8. The SMILES string of the molecule is Cc1nc(N[C@@H](Cc2ccccc2)C(=O)O)cc(C(F)(F)F)n1. The van der Waals surface area contributed by atoms with Gasteiger partial charge in [-0.2, -0.15) is 13.2 Å². The van der Waals surface area contributed by atoms with Gasteiger partial charge in [0.2, 0.25) is 0 Å². The van der Waals surface area contributed by atoms with E-state index >= 15 is 0 Å². The third-order valence-electron chi connectivity index (χ3n) is 3.03. The Hall–Kier alpha value is -2.64. The normalized spacial score (nSPS) is 12.7. The lowest BCUT2D eigenvalue weighted by atomic mass is 10.1. The van der Waals surface area contributed by atoms with E-state index in [-0.39, 0.29) is 18.1 Å². The van der Waals surface area contributed by atoms with E-state index in [0.717, 1.165) is 5.56 Å². The van der Waals surface area contributed by atoms with Crippen LogP contribution in [0.15, 0.2) is 36.4 Å². The van der Waals surface area contributed by atoms with E-state index in [1.165, 1.54) is 6.92 Å². The summed E-state index contributed by atoms with van der Waals surface area (Å²) in [5.74, 6) is -1.45. The Labute approximate surface area is 130 Å². The van der Waals surface area contributed by atoms with Crippen molar-refractivity contribution in [3.05, 3.63) is 53.5 Å². The maximum atomic E-state index is 12.8. The first-order valence-electron chi connectivity index (χ1n) is 6.72. The zero-order valence-electron chi connectivity index (χ0n) is 12.1. The standard InChI is InChI=1S/C15H14F3N3O2/c1-9-19-12(15(16,17)18)8-13(20-9)21-11(14(22)23)7-10-5-3-2-4-6-10/h2-6,8,11H,7H2,1H3,(H,22,23)(H,19,20,21)/t11-/m0/s1. The predicted molar refractivity (Wildman–Crippen MR) is 77.0 cm³/mol. The van der Waals surface area contributed by atoms with Crippen LogP contribution >= 0.6 is 0 Å². The number of anilines is 1. The quantitative estimate of drug-likeness (QED) is 0.884. The molecule has 0 aliphatic rings. The van der Waals surface area contributed by atoms with Crippen LogP contribution in [0, 0.1) is 6.92 Å². The summed E-state index contributed by atoms with van der Waals surface area (Å²) in [6, 6.07) is 8.38. The first-order chi connectivity index (χ1) is 10.8. The van der Waals surface area contributed by atoms with E-state index in [2.05, 4.69) is 15.3 Å². The number of alkyl halides is 3. The van der Waals surface area contributed by atoms with Gasteiger partial charge < -0.3 is 10.4 Å². The molecule has 0 aliphatic heterocycles. The Morgan fingerprint density at radius 3 is 2.48 bits per heavy atom. The predicted octanol–water partition coefficient (Wildman–Crippen LogP) is 2.91. The van der Waals surface area contributed by atoms with Crippen molar-refractivity contribution in [1.29, 1.82) is 0 Å². The second-order valence-electron chi connectivity index (χ2n) is 4.91. The number of carboxylic acid groups (broad SMARTS) is 1. The maximum Gasteiger partial charge on any atom is 0.433 e. The number of nitrogens with zero attached hydrogens (tertiary/aromatic N) is 2. The Balaban J connectivity index is 2.23. The number of carbonyl (C=O) groups is 1. The van der Waals surface area contributed by atoms with Gasteiger partial charge in [0.05, 0.1) is 0 Å². The molecular formula is C15H14F3N3O2. The minimum absolute atomic E-state index is 0.0915. The second kappa shape index (κ2) is 6.64. The minimum Gasteiger partial charge on any atom is -0.480 e. The molecule has 122 valence electrons. The molecule has 0 amide bonds. The number of aliphatic carboxylic acids is 1. The molecule has 23 heavy (non-hydrogen) atoms. The van der Waals surface area contributed by atoms with Gasteiger partial charge in [-0.25, -0.2) is 14.8 Å². The first kappa shape index (κ1) is 16.7. The van der Waals surface area contributed by atoms with E-state index in [1.807, 2.05) is 0 Å². The monoisotopic (exact) mass is 325 g/mol. The van der Waals surface area contributed by atoms with Crippen LogP contribution in [-0.2, 0) is 17.4 Å². The summed E-state index contributed by atoms with van der Waals surface area (Å²) >= 11 is 0. The topological polar surface area (TPSA) is 75.1 Å². The Morgan fingerprint density at radius 2 is 1.91 bits per heavy atom. The summed E-state index contributed by atoms with van der Waals surface area (Å²) in [5.41, 5.74) is -0.370. The molecule has 8 heteroatoms. The van der Waals surface area contributed by atoms with Crippen LogP contribution < -0.4 is 5.32 Å². The largest absolute Gasteiger partial charge is 0.480 e. The highest BCUT2D eigenvalue weighted by Crippen LogP contribution is 2.29. The maximum absolute atomic E-state index is 12.8. The highest BCUT2D eigenvalue weighted by Gasteiger charge is 2.33. The smallest absolute Gasteiger partial charge is 0.433 e. The van der Waals surface area contributed by atoms with Gasteiger partial charge in [0.25, 0.3) is 0 Å². The lowest BCUT2D eigenvalue weighted by Crippen LogP contribution is -2.32. The van der Waals surface area contributed by atoms with Crippen LogP contribution in [0.4, 0.5) is 19.0 Å². The van der Waals surface area contributed by atoms with Crippen molar-refractivity contribution in [3.8, 4) is 0 Å². The molecule has 2 N–H and O–H groups in total. The number of rotatable bonds is 5. The van der Waals surface area contributed by atoms with Gasteiger partial charge in [0, 0.05) is 12.5 Å². The van der Waals surface area contributed by atoms with Crippen molar-refractivity contribution in [3.63, 3.8) is 0 Å². The number of hydrogen-bond donors (Lipinski definition) is 2. The van der Waals surface area contributed by atoms with Crippen molar-refractivity contribution < 1.29 is 23.1 Å². The van der Waals surface area contributed by atoms with E-state index in [9.17, 15) is 23.1 Å².